The van der Waals surface area contributed by atoms with E-state index in [4.69, 9.17) is 25.9 Å². The van der Waals surface area contributed by atoms with Crippen LogP contribution in [0, 0.1) is 0 Å². The van der Waals surface area contributed by atoms with Gasteiger partial charge in [-0.05, 0) is 49.5 Å². The zero-order valence-corrected chi connectivity index (χ0v) is 19.6. The molecule has 184 valence electrons. The van der Waals surface area contributed by atoms with Gasteiger partial charge < -0.3 is 31.2 Å². The van der Waals surface area contributed by atoms with Crippen molar-refractivity contribution in [2.75, 3.05) is 36.5 Å². The van der Waals surface area contributed by atoms with Gasteiger partial charge >= 0.3 is 6.09 Å². The van der Waals surface area contributed by atoms with Gasteiger partial charge in [0, 0.05) is 18.4 Å². The van der Waals surface area contributed by atoms with E-state index in [2.05, 4.69) is 21.9 Å². The molecule has 0 radical (unpaired) electrons. The molecule has 1 saturated heterocycles. The Morgan fingerprint density at radius 3 is 2.80 bits per heavy atom. The molecule has 2 aliphatic rings. The van der Waals surface area contributed by atoms with Gasteiger partial charge in [-0.2, -0.15) is 4.98 Å². The van der Waals surface area contributed by atoms with Crippen molar-refractivity contribution in [1.82, 2.24) is 15.0 Å². The van der Waals surface area contributed by atoms with Crippen LogP contribution in [-0.4, -0.2) is 59.4 Å². The first kappa shape index (κ1) is 24.1. The minimum Gasteiger partial charge on any atom is -0.445 e. The van der Waals surface area contributed by atoms with E-state index in [1.807, 2.05) is 30.0 Å². The second kappa shape index (κ2) is 10.5. The molecule has 2 aromatic heterocycles. The molecule has 11 heteroatoms. The second-order valence-electron chi connectivity index (χ2n) is 8.53. The van der Waals surface area contributed by atoms with E-state index in [1.165, 1.54) is 6.20 Å². The molecule has 0 saturated carbocycles. The number of ether oxygens (including phenoxy) is 2. The lowest BCUT2D eigenvalue weighted by atomic mass is 10.0. The number of carbonyl (C=O) groups is 2. The van der Waals surface area contributed by atoms with Crippen LogP contribution in [0.25, 0.3) is 11.1 Å². The standard InChI is InChI=1S/C24H29N7O4/c1-14(2)19-10-16(11-20(29-19)15-5-8-34-9-6-15)28-22-18(21(25)32)12-27-24(30-22)31-7-3-4-17(13-31)35-23(26)33/h5,10-12,17H,1,3-4,6-9,13H2,2H3,(H2,25,32)(H2,26,33)(H,27,28,29,30). The fourth-order valence-electron chi connectivity index (χ4n) is 4.06. The zero-order valence-electron chi connectivity index (χ0n) is 19.6. The molecule has 11 nitrogen and oxygen atoms in total. The maximum Gasteiger partial charge on any atom is 0.404 e. The van der Waals surface area contributed by atoms with E-state index in [0.717, 1.165) is 35.4 Å². The summed E-state index contributed by atoms with van der Waals surface area (Å²) in [7, 11) is 0. The summed E-state index contributed by atoms with van der Waals surface area (Å²) in [4.78, 5) is 38.8. The number of aromatic nitrogens is 3. The van der Waals surface area contributed by atoms with E-state index in [9.17, 15) is 9.59 Å². The number of anilines is 3. The molecule has 35 heavy (non-hydrogen) atoms. The maximum absolute atomic E-state index is 12.1. The highest BCUT2D eigenvalue weighted by Crippen LogP contribution is 2.28. The van der Waals surface area contributed by atoms with E-state index >= 15 is 0 Å². The van der Waals surface area contributed by atoms with Crippen molar-refractivity contribution in [3.8, 4) is 0 Å². The van der Waals surface area contributed by atoms with Crippen molar-refractivity contribution in [3.05, 3.63) is 47.9 Å². The molecule has 2 amide bonds. The minimum absolute atomic E-state index is 0.149. The molecule has 2 aromatic rings. The average molecular weight is 480 g/mol. The molecular weight excluding hydrogens is 450 g/mol. The summed E-state index contributed by atoms with van der Waals surface area (Å²) in [6.45, 7) is 8.14. The Labute approximate surface area is 203 Å². The fourth-order valence-corrected chi connectivity index (χ4v) is 4.06. The van der Waals surface area contributed by atoms with E-state index in [0.29, 0.717) is 44.4 Å². The molecule has 5 N–H and O–H groups in total. The second-order valence-corrected chi connectivity index (χ2v) is 8.53. The number of allylic oxidation sites excluding steroid dienone is 1. The van der Waals surface area contributed by atoms with Gasteiger partial charge in [0.15, 0.2) is 0 Å². The van der Waals surface area contributed by atoms with Crippen LogP contribution in [-0.2, 0) is 9.47 Å². The Morgan fingerprint density at radius 2 is 2.11 bits per heavy atom. The number of pyridine rings is 1. The highest BCUT2D eigenvalue weighted by Gasteiger charge is 2.25. The SMILES string of the molecule is C=C(C)c1cc(Nc2nc(N3CCCC(OC(N)=O)C3)ncc2C(N)=O)cc(C2=CCOCC2)n1. The van der Waals surface area contributed by atoms with Crippen molar-refractivity contribution in [3.63, 3.8) is 0 Å². The van der Waals surface area contributed by atoms with Gasteiger partial charge in [-0.3, -0.25) is 4.79 Å². The summed E-state index contributed by atoms with van der Waals surface area (Å²) in [6.07, 6.45) is 4.46. The smallest absolute Gasteiger partial charge is 0.404 e. The van der Waals surface area contributed by atoms with E-state index in [1.54, 1.807) is 0 Å². The molecule has 4 rings (SSSR count). The molecule has 0 aliphatic carbocycles. The van der Waals surface area contributed by atoms with Crippen molar-refractivity contribution >= 4 is 40.6 Å². The number of nitrogens with two attached hydrogens (primary N) is 2. The molecule has 1 atom stereocenters. The molecule has 2 aliphatic heterocycles. The first-order valence-electron chi connectivity index (χ1n) is 11.4. The number of primary amides is 2. The first-order valence-corrected chi connectivity index (χ1v) is 11.4. The number of hydrogen-bond acceptors (Lipinski definition) is 9. The third kappa shape index (κ3) is 5.93. The summed E-state index contributed by atoms with van der Waals surface area (Å²) in [5.41, 5.74) is 15.0. The van der Waals surface area contributed by atoms with Crippen molar-refractivity contribution in [2.24, 2.45) is 11.5 Å². The molecule has 0 spiro atoms. The summed E-state index contributed by atoms with van der Waals surface area (Å²) < 4.78 is 10.6. The van der Waals surface area contributed by atoms with Gasteiger partial charge in [0.05, 0.1) is 31.1 Å². The van der Waals surface area contributed by atoms with Crippen LogP contribution in [0.2, 0.25) is 0 Å². The zero-order chi connectivity index (χ0) is 24.9. The van der Waals surface area contributed by atoms with Crippen molar-refractivity contribution in [1.29, 1.82) is 0 Å². The molecular formula is C24H29N7O4. The molecule has 1 fully saturated rings. The Hall–Kier alpha value is -3.99. The molecule has 4 heterocycles. The summed E-state index contributed by atoms with van der Waals surface area (Å²) in [6, 6.07) is 3.74. The monoisotopic (exact) mass is 479 g/mol. The average Bonchev–Trinajstić information content (AvgIpc) is 2.84. The van der Waals surface area contributed by atoms with Gasteiger partial charge in [-0.25, -0.2) is 14.8 Å². The largest absolute Gasteiger partial charge is 0.445 e. The van der Waals surface area contributed by atoms with Crippen LogP contribution in [0.15, 0.2) is 31.0 Å². The first-order chi connectivity index (χ1) is 16.8. The van der Waals surface area contributed by atoms with Crippen LogP contribution in [0.3, 0.4) is 0 Å². The van der Waals surface area contributed by atoms with Crippen LogP contribution in [0.1, 0.15) is 47.9 Å². The van der Waals surface area contributed by atoms with Gasteiger partial charge in [0.2, 0.25) is 5.95 Å². The number of carbonyl (C=O) groups excluding carboxylic acids is 2. The van der Waals surface area contributed by atoms with Gasteiger partial charge in [0.25, 0.3) is 5.91 Å². The van der Waals surface area contributed by atoms with Crippen molar-refractivity contribution < 1.29 is 19.1 Å². The predicted octanol–water partition coefficient (Wildman–Crippen LogP) is 2.62. The highest BCUT2D eigenvalue weighted by molar-refractivity contribution is 5.98. The fraction of sp³-hybridized carbons (Fsp3) is 0.375. The van der Waals surface area contributed by atoms with Crippen LogP contribution >= 0.6 is 0 Å². The number of rotatable bonds is 7. The predicted molar refractivity (Wildman–Crippen MR) is 132 cm³/mol. The Balaban J connectivity index is 1.67. The van der Waals surface area contributed by atoms with Crippen LogP contribution in [0.5, 0.6) is 0 Å². The minimum atomic E-state index is -0.814. The Morgan fingerprint density at radius 1 is 1.29 bits per heavy atom. The Bertz CT molecular complexity index is 1180. The van der Waals surface area contributed by atoms with Crippen LogP contribution in [0.4, 0.5) is 22.2 Å². The van der Waals surface area contributed by atoms with E-state index in [-0.39, 0.29) is 17.5 Å². The number of piperidine rings is 1. The lowest BCUT2D eigenvalue weighted by molar-refractivity contribution is 0.0959. The number of nitrogens with zero attached hydrogens (tertiary/aromatic N) is 4. The normalized spacial score (nSPS) is 17.9. The molecule has 0 aromatic carbocycles. The van der Waals surface area contributed by atoms with Gasteiger partial charge in [0.1, 0.15) is 17.5 Å². The quantitative estimate of drug-likeness (QED) is 0.542. The van der Waals surface area contributed by atoms with Crippen molar-refractivity contribution in [2.45, 2.75) is 32.3 Å². The third-order valence-electron chi connectivity index (χ3n) is 5.80. The third-order valence-corrected chi connectivity index (χ3v) is 5.80. The number of amides is 2. The summed E-state index contributed by atoms with van der Waals surface area (Å²) in [5.74, 6) is -0.00259. The topological polar surface area (TPSA) is 159 Å². The summed E-state index contributed by atoms with van der Waals surface area (Å²) >= 11 is 0. The van der Waals surface area contributed by atoms with Gasteiger partial charge in [-0.1, -0.05) is 12.7 Å². The number of hydrogen-bond donors (Lipinski definition) is 3. The van der Waals surface area contributed by atoms with E-state index < -0.39 is 12.0 Å². The number of nitrogens with one attached hydrogen (secondary N) is 1. The molecule has 0 bridgehead atoms. The molecule has 1 unspecified atom stereocenters. The maximum atomic E-state index is 12.1. The van der Waals surface area contributed by atoms with Gasteiger partial charge in [-0.15, -0.1) is 0 Å². The highest BCUT2D eigenvalue weighted by atomic mass is 16.6. The lowest BCUT2D eigenvalue weighted by Gasteiger charge is -2.32. The van der Waals surface area contributed by atoms with Crippen LogP contribution < -0.4 is 21.7 Å². The Kier molecular flexibility index (Phi) is 7.25. The summed E-state index contributed by atoms with van der Waals surface area (Å²) in [5, 5.41) is 3.23. The lowest BCUT2D eigenvalue weighted by Crippen LogP contribution is -2.42.